The van der Waals surface area contributed by atoms with Crippen LogP contribution in [0.1, 0.15) is 11.1 Å². The van der Waals surface area contributed by atoms with Crippen molar-refractivity contribution in [3.63, 3.8) is 0 Å². The minimum absolute atomic E-state index is 0.269. The minimum Gasteiger partial charge on any atom is -0.271 e. The molecule has 2 aromatic rings. The van der Waals surface area contributed by atoms with E-state index in [2.05, 4.69) is 10.3 Å². The van der Waals surface area contributed by atoms with Gasteiger partial charge in [0.2, 0.25) is 0 Å². The third-order valence-corrected chi connectivity index (χ3v) is 5.40. The van der Waals surface area contributed by atoms with E-state index < -0.39 is 12.1 Å². The SMILES string of the molecule is CSc1ccc(CN2N=N[C@@H]3C(=O)N(c4ccc(C)cc4)C(=O)[C@H]32)cc1. The zero-order valence-corrected chi connectivity index (χ0v) is 15.3. The fourth-order valence-electron chi connectivity index (χ4n) is 3.22. The predicted octanol–water partition coefficient (Wildman–Crippen LogP) is 3.21. The molecule has 0 spiro atoms. The van der Waals surface area contributed by atoms with E-state index in [9.17, 15) is 9.59 Å². The Morgan fingerprint density at radius 1 is 1.00 bits per heavy atom. The molecule has 0 unspecified atom stereocenters. The van der Waals surface area contributed by atoms with Crippen molar-refractivity contribution in [2.75, 3.05) is 11.2 Å². The highest BCUT2D eigenvalue weighted by Gasteiger charge is 2.54. The summed E-state index contributed by atoms with van der Waals surface area (Å²) in [4.78, 5) is 28.0. The van der Waals surface area contributed by atoms with Crippen molar-refractivity contribution >= 4 is 29.3 Å². The number of fused-ring (bicyclic) bond motifs is 1. The Morgan fingerprint density at radius 3 is 2.35 bits per heavy atom. The molecule has 0 bridgehead atoms. The summed E-state index contributed by atoms with van der Waals surface area (Å²) in [7, 11) is 0. The van der Waals surface area contributed by atoms with Crippen LogP contribution in [-0.2, 0) is 16.1 Å². The number of imide groups is 1. The number of amides is 2. The molecule has 0 saturated carbocycles. The standard InChI is InChI=1S/C19H18N4O2S/c1-12-3-7-14(8-4-12)23-18(24)16-17(19(23)25)22(21-20-16)11-13-5-9-15(26-2)10-6-13/h3-10,16-17H,11H2,1-2H3/t16-,17-/m0/s1. The topological polar surface area (TPSA) is 65.3 Å². The molecule has 0 N–H and O–H groups in total. The molecule has 2 atom stereocenters. The van der Waals surface area contributed by atoms with Crippen molar-refractivity contribution in [3.8, 4) is 0 Å². The van der Waals surface area contributed by atoms with Crippen molar-refractivity contribution < 1.29 is 9.59 Å². The molecule has 0 radical (unpaired) electrons. The van der Waals surface area contributed by atoms with Crippen molar-refractivity contribution in [2.45, 2.75) is 30.4 Å². The first-order valence-corrected chi connectivity index (χ1v) is 9.56. The number of aryl methyl sites for hydroxylation is 1. The Morgan fingerprint density at radius 2 is 1.69 bits per heavy atom. The van der Waals surface area contributed by atoms with Gasteiger partial charge in [-0.25, -0.2) is 4.90 Å². The van der Waals surface area contributed by atoms with Gasteiger partial charge in [0.1, 0.15) is 0 Å². The summed E-state index contributed by atoms with van der Waals surface area (Å²) in [6.45, 7) is 2.41. The van der Waals surface area contributed by atoms with Crippen LogP contribution in [0.15, 0.2) is 63.8 Å². The second-order valence-corrected chi connectivity index (χ2v) is 7.27. The van der Waals surface area contributed by atoms with Gasteiger partial charge >= 0.3 is 0 Å². The molecule has 26 heavy (non-hydrogen) atoms. The van der Waals surface area contributed by atoms with Gasteiger partial charge in [0.05, 0.1) is 12.2 Å². The van der Waals surface area contributed by atoms with Gasteiger partial charge in [-0.2, -0.15) is 5.11 Å². The largest absolute Gasteiger partial charge is 0.271 e. The van der Waals surface area contributed by atoms with Crippen LogP contribution in [0, 0.1) is 6.92 Å². The van der Waals surface area contributed by atoms with Crippen LogP contribution < -0.4 is 4.90 Å². The molecule has 2 heterocycles. The van der Waals surface area contributed by atoms with E-state index in [1.807, 2.05) is 49.6 Å². The number of nitrogens with zero attached hydrogens (tertiary/aromatic N) is 4. The number of hydrogen-bond acceptors (Lipinski definition) is 6. The van der Waals surface area contributed by atoms with E-state index in [4.69, 9.17) is 0 Å². The maximum atomic E-state index is 12.9. The maximum absolute atomic E-state index is 12.9. The monoisotopic (exact) mass is 366 g/mol. The highest BCUT2D eigenvalue weighted by atomic mass is 32.2. The van der Waals surface area contributed by atoms with E-state index in [1.165, 1.54) is 9.80 Å². The van der Waals surface area contributed by atoms with Crippen LogP contribution >= 0.6 is 11.8 Å². The van der Waals surface area contributed by atoms with Crippen molar-refractivity contribution in [1.29, 1.82) is 0 Å². The van der Waals surface area contributed by atoms with Crippen LogP contribution in [0.3, 0.4) is 0 Å². The summed E-state index contributed by atoms with van der Waals surface area (Å²) in [5, 5.41) is 9.77. The van der Waals surface area contributed by atoms with Crippen LogP contribution in [0.2, 0.25) is 0 Å². The van der Waals surface area contributed by atoms with Gasteiger partial charge in [0.15, 0.2) is 12.1 Å². The molecule has 132 valence electrons. The average molecular weight is 366 g/mol. The molecule has 2 aromatic carbocycles. The third kappa shape index (κ3) is 2.78. The lowest BCUT2D eigenvalue weighted by Crippen LogP contribution is -2.39. The molecular weight excluding hydrogens is 348 g/mol. The summed E-state index contributed by atoms with van der Waals surface area (Å²) >= 11 is 1.67. The lowest BCUT2D eigenvalue weighted by molar-refractivity contribution is -0.123. The van der Waals surface area contributed by atoms with E-state index >= 15 is 0 Å². The number of carbonyl (C=O) groups excluding carboxylic acids is 2. The Bertz CT molecular complexity index is 879. The normalized spacial score (nSPS) is 21.6. The van der Waals surface area contributed by atoms with E-state index in [-0.39, 0.29) is 11.8 Å². The quantitative estimate of drug-likeness (QED) is 0.616. The molecule has 2 amide bonds. The zero-order chi connectivity index (χ0) is 18.3. The molecule has 0 aromatic heterocycles. The fraction of sp³-hybridized carbons (Fsp3) is 0.263. The van der Waals surface area contributed by atoms with Crippen LogP contribution in [0.4, 0.5) is 5.69 Å². The molecule has 6 nitrogen and oxygen atoms in total. The van der Waals surface area contributed by atoms with E-state index in [1.54, 1.807) is 28.9 Å². The van der Waals surface area contributed by atoms with Gasteiger partial charge in [0, 0.05) is 4.90 Å². The van der Waals surface area contributed by atoms with Crippen LogP contribution in [0.25, 0.3) is 0 Å². The molecule has 2 aliphatic heterocycles. The van der Waals surface area contributed by atoms with Gasteiger partial charge in [-0.3, -0.25) is 14.6 Å². The molecular formula is C19H18N4O2S. The Balaban J connectivity index is 1.56. The molecule has 1 saturated heterocycles. The highest BCUT2D eigenvalue weighted by molar-refractivity contribution is 7.98. The molecule has 4 rings (SSSR count). The first-order chi connectivity index (χ1) is 12.6. The predicted molar refractivity (Wildman–Crippen MR) is 99.9 cm³/mol. The lowest BCUT2D eigenvalue weighted by atomic mass is 10.1. The second kappa shape index (κ2) is 6.57. The lowest BCUT2D eigenvalue weighted by Gasteiger charge is -2.20. The zero-order valence-electron chi connectivity index (χ0n) is 14.5. The van der Waals surface area contributed by atoms with E-state index in [0.717, 1.165) is 11.1 Å². The van der Waals surface area contributed by atoms with Crippen LogP contribution in [-0.4, -0.2) is 35.2 Å². The van der Waals surface area contributed by atoms with Gasteiger partial charge in [-0.15, -0.1) is 11.8 Å². The van der Waals surface area contributed by atoms with Crippen molar-refractivity contribution in [1.82, 2.24) is 5.01 Å². The average Bonchev–Trinajstić information content (AvgIpc) is 3.17. The summed E-state index contributed by atoms with van der Waals surface area (Å²) in [6.07, 6.45) is 2.02. The number of carbonyl (C=O) groups is 2. The van der Waals surface area contributed by atoms with E-state index in [0.29, 0.717) is 12.2 Å². The van der Waals surface area contributed by atoms with Gasteiger partial charge < -0.3 is 0 Å². The number of anilines is 1. The van der Waals surface area contributed by atoms with Gasteiger partial charge in [-0.05, 0) is 43.0 Å². The van der Waals surface area contributed by atoms with Gasteiger partial charge in [0.25, 0.3) is 11.8 Å². The summed E-state index contributed by atoms with van der Waals surface area (Å²) < 4.78 is 0. The minimum atomic E-state index is -0.755. The summed E-state index contributed by atoms with van der Waals surface area (Å²) in [5.41, 5.74) is 2.68. The molecule has 7 heteroatoms. The molecule has 1 fully saturated rings. The Labute approximate surface area is 155 Å². The number of benzene rings is 2. The maximum Gasteiger partial charge on any atom is 0.263 e. The fourth-order valence-corrected chi connectivity index (χ4v) is 3.63. The first-order valence-electron chi connectivity index (χ1n) is 8.33. The van der Waals surface area contributed by atoms with Crippen LogP contribution in [0.5, 0.6) is 0 Å². The number of thioether (sulfide) groups is 1. The number of rotatable bonds is 4. The third-order valence-electron chi connectivity index (χ3n) is 4.65. The van der Waals surface area contributed by atoms with Gasteiger partial charge in [-0.1, -0.05) is 35.1 Å². The van der Waals surface area contributed by atoms with Crippen molar-refractivity contribution in [3.05, 3.63) is 59.7 Å². The summed E-state index contributed by atoms with van der Waals surface area (Å²) in [5.74, 6) is -0.581. The second-order valence-electron chi connectivity index (χ2n) is 6.39. The number of hydrogen-bond donors (Lipinski definition) is 0. The highest BCUT2D eigenvalue weighted by Crippen LogP contribution is 2.33. The molecule has 2 aliphatic rings. The molecule has 0 aliphatic carbocycles. The van der Waals surface area contributed by atoms with Crippen molar-refractivity contribution in [2.24, 2.45) is 10.3 Å². The first kappa shape index (κ1) is 16.8. The Hall–Kier alpha value is -2.67. The smallest absolute Gasteiger partial charge is 0.263 e. The summed E-state index contributed by atoms with van der Waals surface area (Å²) in [6, 6.07) is 14.0. The Kier molecular flexibility index (Phi) is 4.24.